The van der Waals surface area contributed by atoms with Gasteiger partial charge in [0.2, 0.25) is 0 Å². The van der Waals surface area contributed by atoms with Crippen LogP contribution in [0.4, 0.5) is 0 Å². The fraction of sp³-hybridized carbons (Fsp3) is 0.385. The van der Waals surface area contributed by atoms with Crippen molar-refractivity contribution >= 4 is 11.8 Å². The second kappa shape index (κ2) is 8.07. The Morgan fingerprint density at radius 2 is 1.73 bits per heavy atom. The number of nitrogens with zero attached hydrogens (tertiary/aromatic N) is 2. The van der Waals surface area contributed by atoms with E-state index < -0.39 is 0 Å². The Morgan fingerprint density at radius 1 is 1.00 bits per heavy atom. The van der Waals surface area contributed by atoms with Gasteiger partial charge in [0.1, 0.15) is 0 Å². The van der Waals surface area contributed by atoms with Gasteiger partial charge >= 0.3 is 0 Å². The third-order valence-corrected chi connectivity index (χ3v) is 7.60. The molecule has 1 saturated carbocycles. The van der Waals surface area contributed by atoms with Crippen molar-refractivity contribution in [3.63, 3.8) is 0 Å². The topological polar surface area (TPSA) is 34.9 Å². The fourth-order valence-electron chi connectivity index (χ4n) is 5.46. The minimum atomic E-state index is -0.0442. The van der Waals surface area contributed by atoms with E-state index in [9.17, 15) is 4.79 Å². The lowest BCUT2D eigenvalue weighted by Gasteiger charge is -2.42. The molecule has 0 amide bonds. The predicted octanol–water partition coefficient (Wildman–Crippen LogP) is 5.63. The molecule has 30 heavy (non-hydrogen) atoms. The van der Waals surface area contributed by atoms with Gasteiger partial charge in [-0.25, -0.2) is 4.98 Å². The molecule has 2 aromatic carbocycles. The van der Waals surface area contributed by atoms with Crippen molar-refractivity contribution in [2.45, 2.75) is 62.1 Å². The lowest BCUT2D eigenvalue weighted by Crippen LogP contribution is -2.43. The van der Waals surface area contributed by atoms with Gasteiger partial charge in [0.25, 0.3) is 5.56 Å². The summed E-state index contributed by atoms with van der Waals surface area (Å²) in [6, 6.07) is 19.0. The van der Waals surface area contributed by atoms with Crippen LogP contribution in [0.2, 0.25) is 0 Å². The molecule has 4 heteroatoms. The average molecular weight is 417 g/mol. The second-order valence-electron chi connectivity index (χ2n) is 8.69. The van der Waals surface area contributed by atoms with Crippen molar-refractivity contribution in [2.24, 2.45) is 0 Å². The van der Waals surface area contributed by atoms with Crippen molar-refractivity contribution in [2.75, 3.05) is 6.26 Å². The van der Waals surface area contributed by atoms with E-state index in [0.29, 0.717) is 6.54 Å². The predicted molar refractivity (Wildman–Crippen MR) is 124 cm³/mol. The van der Waals surface area contributed by atoms with Gasteiger partial charge < -0.3 is 0 Å². The molecular weight excluding hydrogens is 388 g/mol. The Hall–Kier alpha value is -2.33. The Morgan fingerprint density at radius 3 is 2.50 bits per heavy atom. The van der Waals surface area contributed by atoms with Gasteiger partial charge in [0, 0.05) is 17.5 Å². The number of thioether (sulfide) groups is 1. The zero-order valence-electron chi connectivity index (χ0n) is 17.6. The van der Waals surface area contributed by atoms with Crippen molar-refractivity contribution < 1.29 is 0 Å². The molecule has 0 radical (unpaired) electrons. The van der Waals surface area contributed by atoms with Crippen molar-refractivity contribution in [1.82, 2.24) is 9.55 Å². The van der Waals surface area contributed by atoms with Crippen LogP contribution in [-0.2, 0) is 24.8 Å². The van der Waals surface area contributed by atoms with Gasteiger partial charge in [0.15, 0.2) is 5.16 Å². The van der Waals surface area contributed by atoms with E-state index >= 15 is 0 Å². The molecule has 154 valence electrons. The summed E-state index contributed by atoms with van der Waals surface area (Å²) in [6.07, 6.45) is 9.73. The van der Waals surface area contributed by atoms with Crippen LogP contribution in [0.15, 0.2) is 64.5 Å². The number of hydrogen-bond donors (Lipinski definition) is 0. The molecule has 0 saturated heterocycles. The second-order valence-corrected chi connectivity index (χ2v) is 9.46. The number of aromatic nitrogens is 2. The zero-order chi connectivity index (χ0) is 20.6. The van der Waals surface area contributed by atoms with Crippen LogP contribution < -0.4 is 5.56 Å². The normalized spacial score (nSPS) is 16.8. The highest BCUT2D eigenvalue weighted by molar-refractivity contribution is 7.98. The van der Waals surface area contributed by atoms with E-state index in [-0.39, 0.29) is 11.0 Å². The maximum absolute atomic E-state index is 14.0. The number of aryl methyl sites for hydroxylation is 1. The Kier molecular flexibility index (Phi) is 5.28. The first-order valence-electron chi connectivity index (χ1n) is 11.0. The van der Waals surface area contributed by atoms with E-state index in [1.807, 2.05) is 16.9 Å². The van der Waals surface area contributed by atoms with Crippen molar-refractivity contribution in [1.29, 1.82) is 0 Å². The molecular formula is C26H28N2OS. The molecule has 2 aliphatic rings. The molecule has 0 N–H and O–H groups in total. The molecule has 1 aromatic heterocycles. The molecule has 1 fully saturated rings. The Balaban J connectivity index is 1.67. The number of fused-ring (bicyclic) bond motifs is 4. The highest BCUT2D eigenvalue weighted by atomic mass is 32.2. The van der Waals surface area contributed by atoms with Crippen LogP contribution in [0.25, 0.3) is 11.3 Å². The van der Waals surface area contributed by atoms with Crippen molar-refractivity contribution in [3.8, 4) is 11.3 Å². The summed E-state index contributed by atoms with van der Waals surface area (Å²) < 4.78 is 1.95. The minimum Gasteiger partial charge on any atom is -0.287 e. The number of benzene rings is 2. The van der Waals surface area contributed by atoms with Gasteiger partial charge in [-0.05, 0) is 43.1 Å². The van der Waals surface area contributed by atoms with Crippen LogP contribution in [-0.4, -0.2) is 15.8 Å². The molecule has 5 rings (SSSR count). The first-order chi connectivity index (χ1) is 14.7. The van der Waals surface area contributed by atoms with E-state index in [0.717, 1.165) is 47.7 Å². The third-order valence-electron chi connectivity index (χ3n) is 6.93. The van der Waals surface area contributed by atoms with Gasteiger partial charge in [-0.3, -0.25) is 9.36 Å². The first-order valence-corrected chi connectivity index (χ1v) is 12.3. The van der Waals surface area contributed by atoms with E-state index in [1.54, 1.807) is 11.8 Å². The van der Waals surface area contributed by atoms with E-state index in [4.69, 9.17) is 4.98 Å². The number of rotatable bonds is 4. The van der Waals surface area contributed by atoms with Gasteiger partial charge in [0.05, 0.1) is 11.3 Å². The smallest absolute Gasteiger partial charge is 0.258 e. The van der Waals surface area contributed by atoms with E-state index in [2.05, 4.69) is 48.5 Å². The molecule has 2 aliphatic carbocycles. The van der Waals surface area contributed by atoms with Gasteiger partial charge in [-0.1, -0.05) is 85.6 Å². The lowest BCUT2D eigenvalue weighted by molar-refractivity contribution is 0.282. The highest BCUT2D eigenvalue weighted by Crippen LogP contribution is 2.48. The average Bonchev–Trinajstić information content (AvgIpc) is 2.79. The van der Waals surface area contributed by atoms with Crippen LogP contribution >= 0.6 is 11.8 Å². The standard InChI is InChI=1S/C26H28N2OS/c1-30-25-27-23-21-13-7-6-12-20(21)18-26(15-8-3-9-16-26)22(23)24(29)28(25)17-14-19-10-4-2-5-11-19/h2,4-7,10-13H,3,8-9,14-18H2,1H3. The fourth-order valence-corrected chi connectivity index (χ4v) is 6.04. The summed E-state index contributed by atoms with van der Waals surface area (Å²) >= 11 is 1.58. The number of hydrogen-bond acceptors (Lipinski definition) is 3. The lowest BCUT2D eigenvalue weighted by atomic mass is 9.62. The van der Waals surface area contributed by atoms with Gasteiger partial charge in [-0.2, -0.15) is 0 Å². The molecule has 3 aromatic rings. The third kappa shape index (κ3) is 3.31. The van der Waals surface area contributed by atoms with Crippen LogP contribution in [0.3, 0.4) is 0 Å². The summed E-state index contributed by atoms with van der Waals surface area (Å²) in [6.45, 7) is 0.678. The van der Waals surface area contributed by atoms with Gasteiger partial charge in [-0.15, -0.1) is 0 Å². The molecule has 1 heterocycles. The summed E-state index contributed by atoms with van der Waals surface area (Å²) in [5, 5.41) is 0.831. The SMILES string of the molecule is CSc1nc2c(c(=O)n1CCc1ccccc1)C1(CCCCC1)Cc1ccccc1-2. The quantitative estimate of drug-likeness (QED) is 0.408. The minimum absolute atomic E-state index is 0.0442. The Bertz CT molecular complexity index is 1110. The summed E-state index contributed by atoms with van der Waals surface area (Å²) in [5.41, 5.74) is 5.86. The summed E-state index contributed by atoms with van der Waals surface area (Å²) in [4.78, 5) is 19.1. The molecule has 0 aliphatic heterocycles. The van der Waals surface area contributed by atoms with Crippen molar-refractivity contribution in [3.05, 3.63) is 81.6 Å². The molecule has 0 bridgehead atoms. The first kappa shape index (κ1) is 19.6. The van der Waals surface area contributed by atoms with Crippen LogP contribution in [0.1, 0.15) is 48.8 Å². The monoisotopic (exact) mass is 416 g/mol. The maximum Gasteiger partial charge on any atom is 0.258 e. The Labute approximate surface area is 182 Å². The highest BCUT2D eigenvalue weighted by Gasteiger charge is 2.43. The molecule has 0 unspecified atom stereocenters. The largest absolute Gasteiger partial charge is 0.287 e. The maximum atomic E-state index is 14.0. The molecule has 1 spiro atoms. The van der Waals surface area contributed by atoms with Crippen LogP contribution in [0, 0.1) is 0 Å². The summed E-state index contributed by atoms with van der Waals surface area (Å²) in [5.74, 6) is 0. The summed E-state index contributed by atoms with van der Waals surface area (Å²) in [7, 11) is 0. The molecule has 3 nitrogen and oxygen atoms in total. The zero-order valence-corrected chi connectivity index (χ0v) is 18.4. The van der Waals surface area contributed by atoms with E-state index in [1.165, 1.54) is 30.4 Å². The molecule has 0 atom stereocenters. The van der Waals surface area contributed by atoms with Crippen LogP contribution in [0.5, 0.6) is 0 Å².